The Morgan fingerprint density at radius 1 is 1.29 bits per heavy atom. The lowest BCUT2D eigenvalue weighted by Gasteiger charge is -2.25. The van der Waals surface area contributed by atoms with Gasteiger partial charge in [-0.05, 0) is 44.6 Å². The number of carbonyl (C=O) groups is 1. The second-order valence-corrected chi connectivity index (χ2v) is 5.19. The van der Waals surface area contributed by atoms with Gasteiger partial charge in [-0.25, -0.2) is 0 Å². The fourth-order valence-electron chi connectivity index (χ4n) is 2.50. The van der Waals surface area contributed by atoms with Crippen molar-refractivity contribution in [2.75, 3.05) is 20.4 Å². The van der Waals surface area contributed by atoms with E-state index in [2.05, 4.69) is 18.7 Å². The molecule has 0 aliphatic carbocycles. The third-order valence-electron chi connectivity index (χ3n) is 3.74. The first-order valence-electron chi connectivity index (χ1n) is 7.31. The van der Waals surface area contributed by atoms with Crippen molar-refractivity contribution in [1.29, 1.82) is 0 Å². The summed E-state index contributed by atoms with van der Waals surface area (Å²) in [6.07, 6.45) is 3.06. The Hall–Kier alpha value is -1.26. The molecule has 0 fully saturated rings. The highest BCUT2D eigenvalue weighted by Crippen LogP contribution is 2.33. The van der Waals surface area contributed by atoms with Crippen molar-refractivity contribution in [3.63, 3.8) is 0 Å². The van der Waals surface area contributed by atoms with Gasteiger partial charge in [0.15, 0.2) is 17.3 Å². The molecule has 1 aromatic rings. The van der Waals surface area contributed by atoms with Gasteiger partial charge in [-0.2, -0.15) is 0 Å². The van der Waals surface area contributed by atoms with Crippen LogP contribution in [0.5, 0.6) is 11.5 Å². The molecule has 0 aromatic heterocycles. The van der Waals surface area contributed by atoms with Crippen LogP contribution < -0.4 is 9.47 Å². The first kappa shape index (κ1) is 17.8. The van der Waals surface area contributed by atoms with E-state index < -0.39 is 0 Å². The van der Waals surface area contributed by atoms with Gasteiger partial charge in [0.1, 0.15) is 0 Å². The Labute approximate surface area is 132 Å². The molecule has 0 N–H and O–H groups in total. The zero-order valence-corrected chi connectivity index (χ0v) is 13.7. The molecule has 1 aromatic carbocycles. The number of hydrogen-bond donors (Lipinski definition) is 0. The Kier molecular flexibility index (Phi) is 6.99. The summed E-state index contributed by atoms with van der Waals surface area (Å²) in [5.41, 5.74) is 0.699. The lowest BCUT2D eigenvalue weighted by atomic mass is 10.0. The predicted octanol–water partition coefficient (Wildman–Crippen LogP) is 3.53. The maximum absolute atomic E-state index is 12.6. The molecule has 0 radical (unpaired) electrons. The summed E-state index contributed by atoms with van der Waals surface area (Å²) < 4.78 is 10.6. The van der Waals surface area contributed by atoms with Crippen LogP contribution in [-0.4, -0.2) is 37.1 Å². The van der Waals surface area contributed by atoms with Crippen LogP contribution in [0.1, 0.15) is 43.5 Å². The number of halogens is 1. The molecule has 0 amide bonds. The number of carbonyl (C=O) groups excluding carboxylic acids is 1. The quantitative estimate of drug-likeness (QED) is 0.722. The van der Waals surface area contributed by atoms with Gasteiger partial charge in [0.05, 0.1) is 6.04 Å². The smallest absolute Gasteiger partial charge is 0.231 e. The minimum absolute atomic E-state index is 0. The zero-order valence-electron chi connectivity index (χ0n) is 12.9. The van der Waals surface area contributed by atoms with Crippen LogP contribution >= 0.6 is 12.4 Å². The van der Waals surface area contributed by atoms with Gasteiger partial charge in [-0.1, -0.05) is 20.3 Å². The van der Waals surface area contributed by atoms with Gasteiger partial charge in [0.2, 0.25) is 6.79 Å². The molecule has 0 bridgehead atoms. The molecule has 1 unspecified atom stereocenters. The Bertz CT molecular complexity index is 479. The minimum Gasteiger partial charge on any atom is -0.454 e. The maximum Gasteiger partial charge on any atom is 0.231 e. The van der Waals surface area contributed by atoms with E-state index in [0.29, 0.717) is 17.1 Å². The van der Waals surface area contributed by atoms with Crippen molar-refractivity contribution in [2.24, 2.45) is 0 Å². The van der Waals surface area contributed by atoms with Gasteiger partial charge in [0, 0.05) is 5.56 Å². The van der Waals surface area contributed by atoms with Crippen molar-refractivity contribution < 1.29 is 14.3 Å². The Morgan fingerprint density at radius 3 is 2.67 bits per heavy atom. The van der Waals surface area contributed by atoms with E-state index in [1.54, 1.807) is 6.07 Å². The first-order chi connectivity index (χ1) is 9.67. The molecule has 1 atom stereocenters. The maximum atomic E-state index is 12.6. The van der Waals surface area contributed by atoms with Crippen molar-refractivity contribution in [1.82, 2.24) is 4.90 Å². The molecule has 4 nitrogen and oxygen atoms in total. The van der Waals surface area contributed by atoms with Crippen molar-refractivity contribution >= 4 is 18.2 Å². The van der Waals surface area contributed by atoms with Crippen LogP contribution in [0, 0.1) is 0 Å². The summed E-state index contributed by atoms with van der Waals surface area (Å²) in [7, 11) is 2.02. The number of nitrogens with zero attached hydrogens (tertiary/aromatic N) is 1. The molecule has 1 heterocycles. The third-order valence-corrected chi connectivity index (χ3v) is 3.74. The van der Waals surface area contributed by atoms with Crippen LogP contribution in [0.4, 0.5) is 0 Å². The molecular weight excluding hydrogens is 290 g/mol. The monoisotopic (exact) mass is 313 g/mol. The van der Waals surface area contributed by atoms with Crippen LogP contribution in [-0.2, 0) is 0 Å². The van der Waals surface area contributed by atoms with E-state index in [4.69, 9.17) is 9.47 Å². The number of likely N-dealkylation sites (N-methyl/N-ethyl adjacent to an activating group) is 1. The summed E-state index contributed by atoms with van der Waals surface area (Å²) in [5.74, 6) is 1.54. The molecule has 21 heavy (non-hydrogen) atoms. The number of rotatable bonds is 7. The van der Waals surface area contributed by atoms with E-state index >= 15 is 0 Å². The second-order valence-electron chi connectivity index (χ2n) is 5.19. The number of Topliss-reactive ketones (excluding diaryl/α,β-unsaturated/α-hetero) is 1. The summed E-state index contributed by atoms with van der Waals surface area (Å²) in [6, 6.07) is 5.36. The van der Waals surface area contributed by atoms with Crippen molar-refractivity contribution in [2.45, 2.75) is 39.2 Å². The van der Waals surface area contributed by atoms with Crippen molar-refractivity contribution in [3.8, 4) is 11.5 Å². The molecule has 2 rings (SSSR count). The summed E-state index contributed by atoms with van der Waals surface area (Å²) in [4.78, 5) is 14.8. The standard InChI is InChI=1S/C16H23NO3.ClH/c1-4-6-9-17(3)13(5-2)16(18)12-7-8-14-15(10-12)20-11-19-14;/h7-8,10,13H,4-6,9,11H2,1-3H3;1H. The molecule has 0 spiro atoms. The highest BCUT2D eigenvalue weighted by molar-refractivity contribution is 6.00. The van der Waals surface area contributed by atoms with E-state index in [-0.39, 0.29) is 31.0 Å². The normalized spacial score (nSPS) is 13.9. The van der Waals surface area contributed by atoms with E-state index in [0.717, 1.165) is 25.8 Å². The molecule has 118 valence electrons. The lowest BCUT2D eigenvalue weighted by Crippen LogP contribution is -2.38. The van der Waals surface area contributed by atoms with E-state index in [1.807, 2.05) is 19.2 Å². The highest BCUT2D eigenvalue weighted by atomic mass is 35.5. The van der Waals surface area contributed by atoms with Gasteiger partial charge in [-0.3, -0.25) is 9.69 Å². The molecule has 0 saturated carbocycles. The van der Waals surface area contributed by atoms with Crippen LogP contribution in [0.3, 0.4) is 0 Å². The van der Waals surface area contributed by atoms with E-state index in [1.165, 1.54) is 0 Å². The molecule has 1 aliphatic rings. The molecule has 5 heteroatoms. The van der Waals surface area contributed by atoms with Crippen LogP contribution in [0.15, 0.2) is 18.2 Å². The van der Waals surface area contributed by atoms with Gasteiger partial charge >= 0.3 is 0 Å². The van der Waals surface area contributed by atoms with Crippen LogP contribution in [0.25, 0.3) is 0 Å². The van der Waals surface area contributed by atoms with Crippen molar-refractivity contribution in [3.05, 3.63) is 23.8 Å². The first-order valence-corrected chi connectivity index (χ1v) is 7.31. The van der Waals surface area contributed by atoms with E-state index in [9.17, 15) is 4.79 Å². The summed E-state index contributed by atoms with van der Waals surface area (Å²) >= 11 is 0. The SMILES string of the molecule is CCCCN(C)C(CC)C(=O)c1ccc2c(c1)OCO2.Cl. The summed E-state index contributed by atoms with van der Waals surface area (Å²) in [6.45, 7) is 5.40. The summed E-state index contributed by atoms with van der Waals surface area (Å²) in [5, 5.41) is 0. The highest BCUT2D eigenvalue weighted by Gasteiger charge is 2.24. The molecule has 0 saturated heterocycles. The number of unbranched alkanes of at least 4 members (excludes halogenated alkanes) is 1. The third kappa shape index (κ3) is 4.11. The average molecular weight is 314 g/mol. The zero-order chi connectivity index (χ0) is 14.5. The lowest BCUT2D eigenvalue weighted by molar-refractivity contribution is 0.0844. The number of benzene rings is 1. The van der Waals surface area contributed by atoms with Gasteiger partial charge in [-0.15, -0.1) is 12.4 Å². The second kappa shape index (κ2) is 8.25. The number of ether oxygens (including phenoxy) is 2. The average Bonchev–Trinajstić information content (AvgIpc) is 2.92. The van der Waals surface area contributed by atoms with Gasteiger partial charge in [0.25, 0.3) is 0 Å². The molecule has 1 aliphatic heterocycles. The molecular formula is C16H24ClNO3. The topological polar surface area (TPSA) is 38.8 Å². The van der Waals surface area contributed by atoms with Crippen LogP contribution in [0.2, 0.25) is 0 Å². The largest absolute Gasteiger partial charge is 0.454 e. The fourth-order valence-corrected chi connectivity index (χ4v) is 2.50. The number of hydrogen-bond acceptors (Lipinski definition) is 4. The number of ketones is 1. The number of fused-ring (bicyclic) bond motifs is 1. The Morgan fingerprint density at radius 2 is 2.00 bits per heavy atom. The van der Waals surface area contributed by atoms with Gasteiger partial charge < -0.3 is 9.47 Å². The fraction of sp³-hybridized carbons (Fsp3) is 0.562. The minimum atomic E-state index is -0.0677. The predicted molar refractivity (Wildman–Crippen MR) is 85.8 cm³/mol. The Balaban J connectivity index is 0.00000220.